The van der Waals surface area contributed by atoms with Gasteiger partial charge < -0.3 is 15.4 Å². The maximum atomic E-state index is 5.99. The molecule has 1 aromatic rings. The normalized spacial score (nSPS) is 11.0. The van der Waals surface area contributed by atoms with E-state index in [0.29, 0.717) is 0 Å². The Balaban J connectivity index is 0.00000484. The first-order valence-electron chi connectivity index (χ1n) is 8.01. The molecule has 0 aromatic heterocycles. The van der Waals surface area contributed by atoms with E-state index in [-0.39, 0.29) is 24.0 Å². The maximum absolute atomic E-state index is 5.99. The number of aliphatic imine (C=N–C) groups is 1. The Kier molecular flexibility index (Phi) is 14.7. The molecule has 0 aliphatic heterocycles. The summed E-state index contributed by atoms with van der Waals surface area (Å²) in [7, 11) is 1.74. The van der Waals surface area contributed by atoms with Gasteiger partial charge in [0, 0.05) is 38.4 Å². The summed E-state index contributed by atoms with van der Waals surface area (Å²) < 4.78 is 5.04. The van der Waals surface area contributed by atoms with E-state index in [9.17, 15) is 0 Å². The summed E-state index contributed by atoms with van der Waals surface area (Å²) in [5, 5.41) is 7.42. The van der Waals surface area contributed by atoms with Crippen molar-refractivity contribution in [1.82, 2.24) is 10.6 Å². The lowest BCUT2D eigenvalue weighted by Crippen LogP contribution is -2.38. The van der Waals surface area contributed by atoms with Crippen molar-refractivity contribution < 1.29 is 4.74 Å². The maximum Gasteiger partial charge on any atom is 0.191 e. The van der Waals surface area contributed by atoms with Gasteiger partial charge in [-0.3, -0.25) is 4.99 Å². The molecule has 2 N–H and O–H groups in total. The van der Waals surface area contributed by atoms with Crippen LogP contribution in [0.15, 0.2) is 29.3 Å². The van der Waals surface area contributed by atoms with E-state index in [0.717, 1.165) is 62.9 Å². The molecule has 6 heteroatoms. The molecule has 0 heterocycles. The molecule has 132 valence electrons. The van der Waals surface area contributed by atoms with Crippen LogP contribution in [0, 0.1) is 0 Å². The van der Waals surface area contributed by atoms with Gasteiger partial charge in [0.15, 0.2) is 5.96 Å². The summed E-state index contributed by atoms with van der Waals surface area (Å²) in [6.45, 7) is 5.47. The minimum absolute atomic E-state index is 0. The molecule has 0 spiro atoms. The van der Waals surface area contributed by atoms with E-state index in [1.807, 2.05) is 18.2 Å². The number of hydrogen-bond acceptors (Lipinski definition) is 2. The Labute approximate surface area is 162 Å². The lowest BCUT2D eigenvalue weighted by molar-refractivity contribution is 0.192. The van der Waals surface area contributed by atoms with Gasteiger partial charge in [-0.2, -0.15) is 0 Å². The Morgan fingerprint density at radius 2 is 2.04 bits per heavy atom. The van der Waals surface area contributed by atoms with Gasteiger partial charge in [-0.1, -0.05) is 23.7 Å². The first-order chi connectivity index (χ1) is 10.8. The zero-order chi connectivity index (χ0) is 16.0. The van der Waals surface area contributed by atoms with Gasteiger partial charge in [-0.15, -0.1) is 24.0 Å². The number of nitrogens with zero attached hydrogens (tertiary/aromatic N) is 1. The summed E-state index contributed by atoms with van der Waals surface area (Å²) in [5.41, 5.74) is 1.23. The van der Waals surface area contributed by atoms with Crippen molar-refractivity contribution in [2.75, 3.05) is 33.4 Å². The summed E-state index contributed by atoms with van der Waals surface area (Å²) >= 11 is 5.99. The number of methoxy groups -OCH3 is 1. The predicted molar refractivity (Wildman–Crippen MR) is 110 cm³/mol. The van der Waals surface area contributed by atoms with Crippen molar-refractivity contribution in [3.8, 4) is 0 Å². The first-order valence-corrected chi connectivity index (χ1v) is 8.39. The predicted octanol–water partition coefficient (Wildman–Crippen LogP) is 3.87. The van der Waals surface area contributed by atoms with Crippen LogP contribution in [0.5, 0.6) is 0 Å². The number of nitrogens with one attached hydrogen (secondary N) is 2. The van der Waals surface area contributed by atoms with E-state index < -0.39 is 0 Å². The van der Waals surface area contributed by atoms with Crippen molar-refractivity contribution in [3.05, 3.63) is 34.9 Å². The van der Waals surface area contributed by atoms with Gasteiger partial charge in [-0.05, 0) is 50.3 Å². The van der Waals surface area contributed by atoms with E-state index in [1.165, 1.54) is 5.56 Å². The smallest absolute Gasteiger partial charge is 0.191 e. The van der Waals surface area contributed by atoms with Crippen molar-refractivity contribution in [2.45, 2.75) is 32.6 Å². The monoisotopic (exact) mass is 453 g/mol. The fourth-order valence-corrected chi connectivity index (χ4v) is 2.30. The Hall–Kier alpha value is -0.530. The fraction of sp³-hybridized carbons (Fsp3) is 0.588. The second-order valence-corrected chi connectivity index (χ2v) is 5.56. The van der Waals surface area contributed by atoms with Crippen LogP contribution in [-0.4, -0.2) is 39.3 Å². The van der Waals surface area contributed by atoms with E-state index in [2.05, 4.69) is 28.6 Å². The van der Waals surface area contributed by atoms with Gasteiger partial charge in [0.1, 0.15) is 0 Å². The van der Waals surface area contributed by atoms with Crippen LogP contribution in [0.4, 0.5) is 0 Å². The van der Waals surface area contributed by atoms with Crippen molar-refractivity contribution in [2.24, 2.45) is 4.99 Å². The lowest BCUT2D eigenvalue weighted by Gasteiger charge is -2.11. The van der Waals surface area contributed by atoms with E-state index >= 15 is 0 Å². The average Bonchev–Trinajstić information content (AvgIpc) is 2.51. The average molecular weight is 454 g/mol. The Morgan fingerprint density at radius 3 is 2.74 bits per heavy atom. The minimum atomic E-state index is 0. The van der Waals surface area contributed by atoms with Gasteiger partial charge in [0.25, 0.3) is 0 Å². The zero-order valence-corrected chi connectivity index (χ0v) is 17.2. The highest BCUT2D eigenvalue weighted by Gasteiger charge is 1.98. The van der Waals surface area contributed by atoms with Crippen LogP contribution >= 0.6 is 35.6 Å². The second kappa shape index (κ2) is 15.0. The Morgan fingerprint density at radius 1 is 1.22 bits per heavy atom. The molecule has 0 saturated carbocycles. The molecule has 23 heavy (non-hydrogen) atoms. The van der Waals surface area contributed by atoms with Crippen LogP contribution in [0.2, 0.25) is 5.02 Å². The molecule has 0 bridgehead atoms. The molecule has 0 saturated heterocycles. The van der Waals surface area contributed by atoms with Gasteiger partial charge in [0.2, 0.25) is 0 Å². The highest BCUT2D eigenvalue weighted by molar-refractivity contribution is 14.0. The summed E-state index contributed by atoms with van der Waals surface area (Å²) in [6.07, 6.45) is 4.27. The molecule has 0 atom stereocenters. The zero-order valence-electron chi connectivity index (χ0n) is 14.1. The third-order valence-electron chi connectivity index (χ3n) is 3.22. The van der Waals surface area contributed by atoms with Crippen LogP contribution in [0.3, 0.4) is 0 Å². The summed E-state index contributed by atoms with van der Waals surface area (Å²) in [5.74, 6) is 0.885. The molecule has 0 aliphatic carbocycles. The number of rotatable bonds is 10. The number of benzene rings is 1. The lowest BCUT2D eigenvalue weighted by atomic mass is 10.1. The quantitative estimate of drug-likeness (QED) is 0.245. The third kappa shape index (κ3) is 11.6. The van der Waals surface area contributed by atoms with Gasteiger partial charge >= 0.3 is 0 Å². The van der Waals surface area contributed by atoms with Crippen molar-refractivity contribution >= 4 is 41.5 Å². The molecular weight excluding hydrogens is 425 g/mol. The molecule has 0 aliphatic rings. The SMILES string of the molecule is CCNC(=NCCCCCOC)NCCc1cccc(Cl)c1.I. The second-order valence-electron chi connectivity index (χ2n) is 5.12. The van der Waals surface area contributed by atoms with Crippen LogP contribution in [0.25, 0.3) is 0 Å². The molecular formula is C17H29ClIN3O. The molecule has 0 unspecified atom stereocenters. The highest BCUT2D eigenvalue weighted by atomic mass is 127. The number of unbranched alkanes of at least 4 members (excludes halogenated alkanes) is 2. The van der Waals surface area contributed by atoms with Crippen LogP contribution in [-0.2, 0) is 11.2 Å². The van der Waals surface area contributed by atoms with E-state index in [1.54, 1.807) is 7.11 Å². The first kappa shape index (κ1) is 22.5. The summed E-state index contributed by atoms with van der Waals surface area (Å²) in [6, 6.07) is 7.97. The molecule has 1 aromatic carbocycles. The van der Waals surface area contributed by atoms with Crippen molar-refractivity contribution in [1.29, 1.82) is 0 Å². The standard InChI is InChI=1S/C17H28ClN3O.HI/c1-3-19-17(20-11-5-4-6-13-22-2)21-12-10-15-8-7-9-16(18)14-15;/h7-9,14H,3-6,10-13H2,1-2H3,(H2,19,20,21);1H. The summed E-state index contributed by atoms with van der Waals surface area (Å²) in [4.78, 5) is 4.59. The number of halogens is 2. The molecule has 0 fully saturated rings. The third-order valence-corrected chi connectivity index (χ3v) is 3.45. The van der Waals surface area contributed by atoms with Gasteiger partial charge in [-0.25, -0.2) is 0 Å². The minimum Gasteiger partial charge on any atom is -0.385 e. The highest BCUT2D eigenvalue weighted by Crippen LogP contribution is 2.10. The number of ether oxygens (including phenoxy) is 1. The fourth-order valence-electron chi connectivity index (χ4n) is 2.09. The molecule has 4 nitrogen and oxygen atoms in total. The van der Waals surface area contributed by atoms with Gasteiger partial charge in [0.05, 0.1) is 0 Å². The number of hydrogen-bond donors (Lipinski definition) is 2. The molecule has 0 radical (unpaired) electrons. The van der Waals surface area contributed by atoms with Crippen LogP contribution in [0.1, 0.15) is 31.7 Å². The number of guanidine groups is 1. The molecule has 1 rings (SSSR count). The topological polar surface area (TPSA) is 45.7 Å². The van der Waals surface area contributed by atoms with Crippen LogP contribution < -0.4 is 10.6 Å². The van der Waals surface area contributed by atoms with E-state index in [4.69, 9.17) is 16.3 Å². The molecule has 0 amide bonds. The van der Waals surface area contributed by atoms with Crippen molar-refractivity contribution in [3.63, 3.8) is 0 Å². The largest absolute Gasteiger partial charge is 0.385 e. The Bertz CT molecular complexity index is 444.